The summed E-state index contributed by atoms with van der Waals surface area (Å²) in [7, 11) is 0. The van der Waals surface area contributed by atoms with Crippen molar-refractivity contribution in [2.45, 2.75) is 32.2 Å². The Balaban J connectivity index is 1.92. The van der Waals surface area contributed by atoms with Crippen LogP contribution in [0.4, 0.5) is 5.95 Å². The summed E-state index contributed by atoms with van der Waals surface area (Å²) in [6, 6.07) is 0. The molecular formula is C13H19N5O2. The van der Waals surface area contributed by atoms with Gasteiger partial charge in [-0.1, -0.05) is 12.8 Å². The first-order chi connectivity index (χ1) is 9.69. The van der Waals surface area contributed by atoms with Gasteiger partial charge < -0.3 is 15.4 Å². The maximum atomic E-state index is 11.7. The average molecular weight is 277 g/mol. The number of nitrogens with two attached hydrogens (primary N) is 1. The number of nitrogens with one attached hydrogen (secondary N) is 1. The fourth-order valence-corrected chi connectivity index (χ4v) is 3.12. The molecule has 7 heteroatoms. The highest BCUT2D eigenvalue weighted by atomic mass is 16.3. The summed E-state index contributed by atoms with van der Waals surface area (Å²) >= 11 is 0. The summed E-state index contributed by atoms with van der Waals surface area (Å²) in [4.78, 5) is 22.5. The van der Waals surface area contributed by atoms with Gasteiger partial charge in [-0.25, -0.2) is 4.98 Å². The molecule has 1 saturated carbocycles. The molecule has 0 spiro atoms. The molecule has 2 atom stereocenters. The van der Waals surface area contributed by atoms with Gasteiger partial charge in [0.2, 0.25) is 5.95 Å². The molecule has 2 heterocycles. The SMILES string of the molecule is Nc1nc2c(ncn2CC2CCCCC2CO)c(=O)[nH]1. The second-order valence-corrected chi connectivity index (χ2v) is 5.51. The Morgan fingerprint density at radius 1 is 1.40 bits per heavy atom. The summed E-state index contributed by atoms with van der Waals surface area (Å²) < 4.78 is 1.87. The van der Waals surface area contributed by atoms with Crippen LogP contribution < -0.4 is 11.3 Å². The summed E-state index contributed by atoms with van der Waals surface area (Å²) in [5, 5.41) is 9.48. The van der Waals surface area contributed by atoms with Gasteiger partial charge in [0.05, 0.1) is 6.33 Å². The quantitative estimate of drug-likeness (QED) is 0.756. The number of aromatic amines is 1. The van der Waals surface area contributed by atoms with E-state index >= 15 is 0 Å². The Hall–Kier alpha value is -1.89. The molecule has 3 rings (SSSR count). The smallest absolute Gasteiger partial charge is 0.280 e. The number of fused-ring (bicyclic) bond motifs is 1. The van der Waals surface area contributed by atoms with Gasteiger partial charge in [0, 0.05) is 13.2 Å². The monoisotopic (exact) mass is 277 g/mol. The Bertz CT molecular complexity index is 662. The number of aliphatic hydroxyl groups is 1. The van der Waals surface area contributed by atoms with Crippen LogP contribution in [-0.2, 0) is 6.54 Å². The number of aromatic nitrogens is 4. The standard InChI is InChI=1S/C13H19N5O2/c14-13-16-11-10(12(20)17-13)15-7-18(11)5-8-3-1-2-4-9(8)6-19/h7-9,19H,1-6H2,(H3,14,16,17,20). The third-order valence-electron chi connectivity index (χ3n) is 4.23. The summed E-state index contributed by atoms with van der Waals surface area (Å²) in [6.07, 6.45) is 6.14. The van der Waals surface area contributed by atoms with Crippen molar-refractivity contribution < 1.29 is 5.11 Å². The lowest BCUT2D eigenvalue weighted by atomic mass is 9.79. The van der Waals surface area contributed by atoms with Gasteiger partial charge in [0.15, 0.2) is 11.2 Å². The molecule has 2 aromatic rings. The van der Waals surface area contributed by atoms with E-state index in [4.69, 9.17) is 5.73 Å². The lowest BCUT2D eigenvalue weighted by Gasteiger charge is -2.30. The number of nitrogen functional groups attached to an aromatic ring is 1. The highest BCUT2D eigenvalue weighted by Gasteiger charge is 2.25. The fraction of sp³-hybridized carbons (Fsp3) is 0.615. The second kappa shape index (κ2) is 5.24. The van der Waals surface area contributed by atoms with Crippen molar-refractivity contribution in [3.63, 3.8) is 0 Å². The first-order valence-electron chi connectivity index (χ1n) is 7.00. The van der Waals surface area contributed by atoms with Gasteiger partial charge >= 0.3 is 0 Å². The number of nitrogens with zero attached hydrogens (tertiary/aromatic N) is 3. The molecule has 108 valence electrons. The molecule has 20 heavy (non-hydrogen) atoms. The van der Waals surface area contributed by atoms with Crippen molar-refractivity contribution >= 4 is 17.1 Å². The molecule has 2 unspecified atom stereocenters. The van der Waals surface area contributed by atoms with Gasteiger partial charge in [0.1, 0.15) is 0 Å². The summed E-state index contributed by atoms with van der Waals surface area (Å²) in [5.41, 5.74) is 6.12. The summed E-state index contributed by atoms with van der Waals surface area (Å²) in [6.45, 7) is 0.936. The molecular weight excluding hydrogens is 258 g/mol. The number of aliphatic hydroxyl groups excluding tert-OH is 1. The van der Waals surface area contributed by atoms with Crippen LogP contribution >= 0.6 is 0 Å². The van der Waals surface area contributed by atoms with Crippen LogP contribution in [0.15, 0.2) is 11.1 Å². The van der Waals surface area contributed by atoms with Crippen LogP contribution in [0.1, 0.15) is 25.7 Å². The fourth-order valence-electron chi connectivity index (χ4n) is 3.12. The highest BCUT2D eigenvalue weighted by Crippen LogP contribution is 2.31. The lowest BCUT2D eigenvalue weighted by Crippen LogP contribution is -2.26. The number of imidazole rings is 1. The third-order valence-corrected chi connectivity index (χ3v) is 4.23. The molecule has 1 aliphatic rings. The Kier molecular flexibility index (Phi) is 3.43. The Morgan fingerprint density at radius 2 is 2.15 bits per heavy atom. The van der Waals surface area contributed by atoms with E-state index in [2.05, 4.69) is 15.0 Å². The van der Waals surface area contributed by atoms with Crippen molar-refractivity contribution in [2.24, 2.45) is 11.8 Å². The highest BCUT2D eigenvalue weighted by molar-refractivity contribution is 5.70. The molecule has 0 aromatic carbocycles. The maximum Gasteiger partial charge on any atom is 0.280 e. The first-order valence-corrected chi connectivity index (χ1v) is 7.00. The van der Waals surface area contributed by atoms with Gasteiger partial charge in [0.25, 0.3) is 5.56 Å². The van der Waals surface area contributed by atoms with Crippen molar-refractivity contribution in [1.29, 1.82) is 0 Å². The van der Waals surface area contributed by atoms with E-state index in [1.807, 2.05) is 4.57 Å². The van der Waals surface area contributed by atoms with E-state index in [1.165, 1.54) is 12.8 Å². The Morgan fingerprint density at radius 3 is 2.90 bits per heavy atom. The molecule has 0 amide bonds. The zero-order valence-corrected chi connectivity index (χ0v) is 11.2. The van der Waals surface area contributed by atoms with E-state index < -0.39 is 0 Å². The van der Waals surface area contributed by atoms with Gasteiger partial charge in [-0.15, -0.1) is 0 Å². The number of hydrogen-bond donors (Lipinski definition) is 3. The minimum Gasteiger partial charge on any atom is -0.396 e. The van der Waals surface area contributed by atoms with Crippen LogP contribution in [0.25, 0.3) is 11.2 Å². The minimum atomic E-state index is -0.311. The third kappa shape index (κ3) is 2.29. The molecule has 4 N–H and O–H groups in total. The lowest BCUT2D eigenvalue weighted by molar-refractivity contribution is 0.124. The van der Waals surface area contributed by atoms with Crippen molar-refractivity contribution in [2.75, 3.05) is 12.3 Å². The zero-order chi connectivity index (χ0) is 14.1. The molecule has 7 nitrogen and oxygen atoms in total. The van der Waals surface area contributed by atoms with E-state index in [1.54, 1.807) is 6.33 Å². The predicted molar refractivity (Wildman–Crippen MR) is 75.1 cm³/mol. The largest absolute Gasteiger partial charge is 0.396 e. The average Bonchev–Trinajstić information content (AvgIpc) is 2.83. The number of hydrogen-bond acceptors (Lipinski definition) is 5. The minimum absolute atomic E-state index is 0.103. The first kappa shape index (κ1) is 13.1. The molecule has 0 radical (unpaired) electrons. The van der Waals surface area contributed by atoms with Gasteiger partial charge in [-0.05, 0) is 24.7 Å². The zero-order valence-electron chi connectivity index (χ0n) is 11.2. The second-order valence-electron chi connectivity index (χ2n) is 5.51. The van der Waals surface area contributed by atoms with Crippen molar-refractivity contribution in [3.8, 4) is 0 Å². The van der Waals surface area contributed by atoms with E-state index in [9.17, 15) is 9.90 Å². The van der Waals surface area contributed by atoms with E-state index in [0.717, 1.165) is 19.4 Å². The normalized spacial score (nSPS) is 23.2. The van der Waals surface area contributed by atoms with Crippen LogP contribution in [0, 0.1) is 11.8 Å². The summed E-state index contributed by atoms with van der Waals surface area (Å²) in [5.74, 6) is 0.820. The molecule has 2 aromatic heterocycles. The van der Waals surface area contributed by atoms with Gasteiger partial charge in [-0.2, -0.15) is 4.98 Å². The molecule has 0 bridgehead atoms. The van der Waals surface area contributed by atoms with Crippen LogP contribution in [0.3, 0.4) is 0 Å². The van der Waals surface area contributed by atoms with Crippen LogP contribution in [0.5, 0.6) is 0 Å². The molecule has 1 aliphatic carbocycles. The number of H-pyrrole nitrogens is 1. The maximum absolute atomic E-state index is 11.7. The molecule has 1 fully saturated rings. The topological polar surface area (TPSA) is 110 Å². The van der Waals surface area contributed by atoms with Crippen LogP contribution in [0.2, 0.25) is 0 Å². The van der Waals surface area contributed by atoms with Crippen molar-refractivity contribution in [1.82, 2.24) is 19.5 Å². The number of rotatable bonds is 3. The Labute approximate surface area is 115 Å². The van der Waals surface area contributed by atoms with Crippen molar-refractivity contribution in [3.05, 3.63) is 16.7 Å². The number of anilines is 1. The van der Waals surface area contributed by atoms with E-state index in [-0.39, 0.29) is 18.1 Å². The molecule has 0 aliphatic heterocycles. The molecule has 0 saturated heterocycles. The van der Waals surface area contributed by atoms with E-state index in [0.29, 0.717) is 23.0 Å². The van der Waals surface area contributed by atoms with Gasteiger partial charge in [-0.3, -0.25) is 9.78 Å². The van der Waals surface area contributed by atoms with Crippen LogP contribution in [-0.4, -0.2) is 31.2 Å². The predicted octanol–water partition coefficient (Wildman–Crippen LogP) is 0.500.